The molecule has 2 aliphatic heterocycles. The van der Waals surface area contributed by atoms with Crippen LogP contribution in [0, 0.1) is 13.8 Å². The van der Waals surface area contributed by atoms with Gasteiger partial charge in [0.05, 0.1) is 62.7 Å². The number of sulfonamides is 2. The van der Waals surface area contributed by atoms with Crippen molar-refractivity contribution in [1.82, 2.24) is 0 Å². The van der Waals surface area contributed by atoms with Crippen LogP contribution in [0.2, 0.25) is 0 Å². The van der Waals surface area contributed by atoms with Gasteiger partial charge in [0.2, 0.25) is 0 Å². The predicted molar refractivity (Wildman–Crippen MR) is 186 cm³/mol. The Hall–Kier alpha value is -4.94. The first kappa shape index (κ1) is 33.0. The molecule has 0 radical (unpaired) electrons. The molecule has 0 spiro atoms. The minimum absolute atomic E-state index is 0.00854. The molecular weight excluding hydrogens is 653 g/mol. The lowest BCUT2D eigenvalue weighted by Gasteiger charge is -2.36. The number of allylic oxidation sites excluding steroid dienone is 2. The zero-order valence-electron chi connectivity index (χ0n) is 27.5. The third-order valence-corrected chi connectivity index (χ3v) is 12.1. The van der Waals surface area contributed by atoms with Crippen molar-refractivity contribution in [2.75, 3.05) is 50.1 Å². The molecule has 6 rings (SSSR count). The van der Waals surface area contributed by atoms with Gasteiger partial charge in [-0.05, 0) is 49.3 Å². The molecule has 4 aromatic rings. The van der Waals surface area contributed by atoms with Crippen molar-refractivity contribution >= 4 is 42.6 Å². The predicted octanol–water partition coefficient (Wildman–Crippen LogP) is 6.22. The van der Waals surface area contributed by atoms with Gasteiger partial charge in [0.15, 0.2) is 0 Å². The van der Waals surface area contributed by atoms with Crippen molar-refractivity contribution in [1.29, 1.82) is 0 Å². The Morgan fingerprint density at radius 3 is 1.19 bits per heavy atom. The van der Waals surface area contributed by atoms with Crippen LogP contribution in [0.3, 0.4) is 0 Å². The molecule has 2 heterocycles. The number of benzene rings is 4. The van der Waals surface area contributed by atoms with Gasteiger partial charge in [-0.2, -0.15) is 0 Å². The second-order valence-corrected chi connectivity index (χ2v) is 15.1. The lowest BCUT2D eigenvalue weighted by molar-refractivity contribution is 0.393. The first-order chi connectivity index (χ1) is 22.9. The number of hydrogen-bond donors (Lipinski definition) is 0. The fraction of sp³-hybridized carbons (Fsp3) is 0.222. The number of methoxy groups -OCH3 is 4. The highest BCUT2D eigenvalue weighted by Gasteiger charge is 2.38. The molecule has 4 aromatic carbocycles. The molecule has 0 bridgehead atoms. The van der Waals surface area contributed by atoms with E-state index in [9.17, 15) is 16.8 Å². The summed E-state index contributed by atoms with van der Waals surface area (Å²) in [4.78, 5) is 0.288. The van der Waals surface area contributed by atoms with Crippen molar-refractivity contribution in [3.8, 4) is 23.0 Å². The quantitative estimate of drug-likeness (QED) is 0.204. The first-order valence-corrected chi connectivity index (χ1v) is 17.9. The topological polar surface area (TPSA) is 112 Å². The van der Waals surface area contributed by atoms with Crippen molar-refractivity contribution in [3.63, 3.8) is 0 Å². The maximum absolute atomic E-state index is 14.1. The summed E-state index contributed by atoms with van der Waals surface area (Å²) in [5.41, 5.74) is 4.89. The van der Waals surface area contributed by atoms with Crippen LogP contribution in [0.1, 0.15) is 22.3 Å². The van der Waals surface area contributed by atoms with E-state index >= 15 is 0 Å². The van der Waals surface area contributed by atoms with Gasteiger partial charge >= 0.3 is 0 Å². The largest absolute Gasteiger partial charge is 0.497 e. The fourth-order valence-corrected chi connectivity index (χ4v) is 8.83. The molecule has 250 valence electrons. The smallest absolute Gasteiger partial charge is 0.264 e. The van der Waals surface area contributed by atoms with Crippen LogP contribution >= 0.6 is 0 Å². The summed E-state index contributed by atoms with van der Waals surface area (Å²) in [6, 6.07) is 20.1. The van der Waals surface area contributed by atoms with E-state index in [1.807, 2.05) is 26.0 Å². The Labute approximate surface area is 281 Å². The second kappa shape index (κ2) is 12.6. The average molecular weight is 689 g/mol. The molecular formula is C36H36N2O8S2. The minimum atomic E-state index is -4.01. The van der Waals surface area contributed by atoms with Gasteiger partial charge in [-0.3, -0.25) is 8.61 Å². The van der Waals surface area contributed by atoms with Crippen LogP contribution in [-0.4, -0.2) is 58.4 Å². The van der Waals surface area contributed by atoms with Crippen molar-refractivity contribution in [2.45, 2.75) is 23.6 Å². The van der Waals surface area contributed by atoms with E-state index in [2.05, 4.69) is 0 Å². The molecule has 0 fully saturated rings. The average Bonchev–Trinajstić information content (AvgIpc) is 3.09. The number of fused-ring (bicyclic) bond motifs is 2. The zero-order chi connectivity index (χ0) is 34.4. The molecule has 12 heteroatoms. The Morgan fingerprint density at radius 2 is 0.875 bits per heavy atom. The summed E-state index contributed by atoms with van der Waals surface area (Å²) in [7, 11) is -2.01. The summed E-state index contributed by atoms with van der Waals surface area (Å²) in [6.45, 7) is 3.77. The molecule has 0 atom stereocenters. The maximum Gasteiger partial charge on any atom is 0.264 e. The molecule has 0 saturated heterocycles. The molecule has 0 unspecified atom stereocenters. The van der Waals surface area contributed by atoms with E-state index in [0.717, 1.165) is 11.1 Å². The van der Waals surface area contributed by atoms with Crippen LogP contribution in [0.25, 0.3) is 11.1 Å². The summed E-state index contributed by atoms with van der Waals surface area (Å²) in [6.07, 6.45) is 3.62. The third-order valence-electron chi connectivity index (χ3n) is 8.53. The Bertz CT molecular complexity index is 2020. The van der Waals surface area contributed by atoms with Gasteiger partial charge in [-0.1, -0.05) is 47.5 Å². The molecule has 0 saturated carbocycles. The van der Waals surface area contributed by atoms with Crippen LogP contribution in [0.15, 0.2) is 94.7 Å². The highest BCUT2D eigenvalue weighted by atomic mass is 32.2. The normalized spacial score (nSPS) is 14.4. The Balaban J connectivity index is 1.57. The Morgan fingerprint density at radius 1 is 0.521 bits per heavy atom. The van der Waals surface area contributed by atoms with E-state index in [0.29, 0.717) is 56.6 Å². The highest BCUT2D eigenvalue weighted by Crippen LogP contribution is 2.53. The molecule has 0 aliphatic carbocycles. The van der Waals surface area contributed by atoms with Gasteiger partial charge in [-0.25, -0.2) is 16.8 Å². The molecule has 2 aliphatic rings. The standard InChI is InChI=1S/C36H36N2O8S2/c1-23-7-11-27(12-8-23)47(39,40)37-17-15-29(35-31(37)19-25(43-3)21-33(35)45-5)30-16-18-38(48(41,42)28-13-9-24(2)10-14-28)32-20-26(44-4)22-34(46-6)36(30)32/h7-16,19-22H,17-18H2,1-6H3. The summed E-state index contributed by atoms with van der Waals surface area (Å²) in [5.74, 6) is 1.58. The van der Waals surface area contributed by atoms with Crippen LogP contribution < -0.4 is 27.6 Å². The van der Waals surface area contributed by atoms with Crippen LogP contribution in [0.4, 0.5) is 11.4 Å². The number of nitrogens with zero attached hydrogens (tertiary/aromatic N) is 2. The van der Waals surface area contributed by atoms with E-state index in [1.165, 1.54) is 37.0 Å². The lowest BCUT2D eigenvalue weighted by Crippen LogP contribution is -2.35. The number of aryl methyl sites for hydroxylation is 2. The Kier molecular flexibility index (Phi) is 8.65. The van der Waals surface area contributed by atoms with Crippen molar-refractivity contribution < 1.29 is 35.8 Å². The maximum atomic E-state index is 14.1. The van der Waals surface area contributed by atoms with Crippen molar-refractivity contribution in [2.24, 2.45) is 0 Å². The van der Waals surface area contributed by atoms with Crippen LogP contribution in [0.5, 0.6) is 23.0 Å². The number of anilines is 2. The van der Waals surface area contributed by atoms with Crippen molar-refractivity contribution in [3.05, 3.63) is 107 Å². The van der Waals surface area contributed by atoms with E-state index in [4.69, 9.17) is 18.9 Å². The van der Waals surface area contributed by atoms with Gasteiger partial charge in [0.25, 0.3) is 20.0 Å². The van der Waals surface area contributed by atoms with Gasteiger partial charge in [-0.15, -0.1) is 0 Å². The van der Waals surface area contributed by atoms with Gasteiger partial charge in [0.1, 0.15) is 23.0 Å². The summed E-state index contributed by atoms with van der Waals surface area (Å²) in [5, 5.41) is 0. The van der Waals surface area contributed by atoms with Crippen LogP contribution in [-0.2, 0) is 20.0 Å². The number of rotatable bonds is 9. The number of ether oxygens (including phenoxy) is 4. The van der Waals surface area contributed by atoms with Gasteiger partial charge < -0.3 is 18.9 Å². The van der Waals surface area contributed by atoms with E-state index in [1.54, 1.807) is 72.8 Å². The van der Waals surface area contributed by atoms with Gasteiger partial charge in [0, 0.05) is 35.4 Å². The zero-order valence-corrected chi connectivity index (χ0v) is 29.1. The first-order valence-electron chi connectivity index (χ1n) is 15.1. The number of hydrogen-bond acceptors (Lipinski definition) is 8. The summed E-state index contributed by atoms with van der Waals surface area (Å²) >= 11 is 0. The monoisotopic (exact) mass is 688 g/mol. The highest BCUT2D eigenvalue weighted by molar-refractivity contribution is 7.93. The molecule has 48 heavy (non-hydrogen) atoms. The second-order valence-electron chi connectivity index (χ2n) is 11.4. The molecule has 0 amide bonds. The summed E-state index contributed by atoms with van der Waals surface area (Å²) < 4.78 is 81.9. The fourth-order valence-electron chi connectivity index (χ4n) is 6.01. The minimum Gasteiger partial charge on any atom is -0.497 e. The molecule has 0 aromatic heterocycles. The third kappa shape index (κ3) is 5.54. The van der Waals surface area contributed by atoms with E-state index < -0.39 is 20.0 Å². The SMILES string of the molecule is COc1cc(OC)c2c(c1)N(S(=O)(=O)c1ccc(C)cc1)CC=C2C1=CCN(S(=O)(=O)c2ccc(C)cc2)c2cc(OC)cc(OC)c21. The molecule has 0 N–H and O–H groups in total. The molecule has 10 nitrogen and oxygen atoms in total. The van der Waals surface area contributed by atoms with E-state index in [-0.39, 0.29) is 22.9 Å². The lowest BCUT2D eigenvalue weighted by atomic mass is 9.86.